The molecule has 0 radical (unpaired) electrons. The monoisotopic (exact) mass is 476 g/mol. The maximum absolute atomic E-state index is 13.2. The highest BCUT2D eigenvalue weighted by Gasteiger charge is 2.73. The molecule has 5 atom stereocenters. The molecular weight excluding hydrogens is 448 g/mol. The zero-order valence-corrected chi connectivity index (χ0v) is 19.3. The van der Waals surface area contributed by atoms with E-state index in [0.29, 0.717) is 38.0 Å². The number of amides is 2. The molecule has 2 aromatic rings. The van der Waals surface area contributed by atoms with Gasteiger partial charge in [0.15, 0.2) is 11.5 Å². The van der Waals surface area contributed by atoms with Crippen LogP contribution in [0.5, 0.6) is 11.5 Å². The van der Waals surface area contributed by atoms with Gasteiger partial charge in [-0.15, -0.1) is 0 Å². The van der Waals surface area contributed by atoms with Crippen LogP contribution < -0.4 is 10.1 Å². The summed E-state index contributed by atoms with van der Waals surface area (Å²) in [6, 6.07) is 4.62. The fourth-order valence-electron chi connectivity index (χ4n) is 7.29. The summed E-state index contributed by atoms with van der Waals surface area (Å²) in [5.74, 6) is 0.445. The molecule has 35 heavy (non-hydrogen) atoms. The molecule has 3 aliphatic carbocycles. The van der Waals surface area contributed by atoms with Crippen LogP contribution in [0.25, 0.3) is 6.08 Å². The Morgan fingerprint density at radius 2 is 2.03 bits per heavy atom. The highest BCUT2D eigenvalue weighted by Crippen LogP contribution is 2.65. The van der Waals surface area contributed by atoms with Gasteiger partial charge in [-0.2, -0.15) is 0 Å². The Bertz CT molecular complexity index is 1250. The van der Waals surface area contributed by atoms with E-state index < -0.39 is 17.1 Å². The average Bonchev–Trinajstić information content (AvgIpc) is 3.43. The van der Waals surface area contributed by atoms with E-state index in [1.807, 2.05) is 11.0 Å². The summed E-state index contributed by atoms with van der Waals surface area (Å²) < 4.78 is 11.5. The maximum atomic E-state index is 13.2. The van der Waals surface area contributed by atoms with Crippen LogP contribution in [0.2, 0.25) is 0 Å². The van der Waals surface area contributed by atoms with Crippen molar-refractivity contribution in [1.82, 2.24) is 10.2 Å². The smallest absolute Gasteiger partial charge is 0.244 e. The summed E-state index contributed by atoms with van der Waals surface area (Å²) in [5, 5.41) is 26.2. The molecule has 1 aromatic carbocycles. The topological polar surface area (TPSA) is 112 Å². The van der Waals surface area contributed by atoms with Crippen LogP contribution in [0.1, 0.15) is 48.8 Å². The second-order valence-corrected chi connectivity index (χ2v) is 10.7. The average molecular weight is 477 g/mol. The largest absolute Gasteiger partial charge is 0.504 e. The van der Waals surface area contributed by atoms with Gasteiger partial charge in [0.1, 0.15) is 6.10 Å². The van der Waals surface area contributed by atoms with E-state index >= 15 is 0 Å². The Labute approximate surface area is 202 Å². The summed E-state index contributed by atoms with van der Waals surface area (Å²) in [7, 11) is 0. The molecule has 1 saturated heterocycles. The number of phenolic OH excluding ortho intramolecular Hbond substituents is 1. The van der Waals surface area contributed by atoms with E-state index in [-0.39, 0.29) is 35.6 Å². The van der Waals surface area contributed by atoms with Gasteiger partial charge in [-0.05, 0) is 62.3 Å². The number of nitrogens with zero attached hydrogens (tertiary/aromatic N) is 1. The lowest BCUT2D eigenvalue weighted by Gasteiger charge is -2.64. The fraction of sp³-hybridized carbons (Fsp3) is 0.481. The Morgan fingerprint density at radius 1 is 1.17 bits per heavy atom. The number of furan rings is 1. The number of carbonyl (C=O) groups is 2. The third kappa shape index (κ3) is 2.77. The van der Waals surface area contributed by atoms with Gasteiger partial charge >= 0.3 is 0 Å². The summed E-state index contributed by atoms with van der Waals surface area (Å²) in [4.78, 5) is 27.9. The van der Waals surface area contributed by atoms with Crippen LogP contribution >= 0.6 is 0 Å². The molecule has 7 rings (SSSR count). The minimum Gasteiger partial charge on any atom is -0.504 e. The standard InChI is InChI=1S/C27H28N2O6/c30-19-5-4-17-13-20-27(33)9-7-18(28-21(31)6-1-15-8-12-34-14-15)24-26(27,22(17)23(19)35-24)10-11-29(20)25(32)16-2-3-16/h1,4-6,8,12,14,16,18,20,24,30,33H,2-3,7,9-11,13H2,(H,28,31)/b6-1+/t18?,20?,24-,26?,27?/m0/s1. The van der Waals surface area contributed by atoms with Gasteiger partial charge in [0.2, 0.25) is 11.8 Å². The molecule has 2 bridgehead atoms. The molecule has 1 aromatic heterocycles. The molecule has 8 heteroatoms. The molecule has 2 amide bonds. The maximum Gasteiger partial charge on any atom is 0.244 e. The number of aromatic hydroxyl groups is 1. The quantitative estimate of drug-likeness (QED) is 0.584. The van der Waals surface area contributed by atoms with Crippen LogP contribution in [0.3, 0.4) is 0 Å². The third-order valence-electron chi connectivity index (χ3n) is 8.97. The second kappa shape index (κ2) is 7.13. The predicted octanol–water partition coefficient (Wildman–Crippen LogP) is 2.27. The van der Waals surface area contributed by atoms with Gasteiger partial charge in [-0.25, -0.2) is 0 Å². The minimum absolute atomic E-state index is 0.0507. The second-order valence-electron chi connectivity index (χ2n) is 10.7. The highest BCUT2D eigenvalue weighted by molar-refractivity contribution is 5.92. The van der Waals surface area contributed by atoms with Crippen molar-refractivity contribution >= 4 is 17.9 Å². The molecule has 3 fully saturated rings. The van der Waals surface area contributed by atoms with Crippen LogP contribution in [0.15, 0.2) is 41.2 Å². The van der Waals surface area contributed by atoms with Crippen molar-refractivity contribution in [1.29, 1.82) is 0 Å². The number of hydrogen-bond acceptors (Lipinski definition) is 6. The normalized spacial score (nSPS) is 34.4. The molecular formula is C27H28N2O6. The SMILES string of the molecule is O=C(/C=C/c1ccoc1)NC1CCC2(O)C3Cc4ccc(O)c5c4C2(CCN3C(=O)C2CC2)[C@H]1O5. The summed E-state index contributed by atoms with van der Waals surface area (Å²) in [6.07, 6.45) is 9.60. The Balaban J connectivity index is 1.27. The minimum atomic E-state index is -1.18. The van der Waals surface area contributed by atoms with Crippen LogP contribution in [0.4, 0.5) is 0 Å². The number of aliphatic hydroxyl groups is 1. The number of nitrogens with one attached hydrogen (secondary N) is 1. The lowest BCUT2D eigenvalue weighted by Crippen LogP contribution is -2.78. The van der Waals surface area contributed by atoms with Gasteiger partial charge in [0.05, 0.1) is 35.6 Å². The number of ether oxygens (including phenoxy) is 1. The lowest BCUT2D eigenvalue weighted by molar-refractivity contribution is -0.196. The number of piperidine rings is 1. The van der Waals surface area contributed by atoms with Crippen LogP contribution in [-0.4, -0.2) is 57.3 Å². The number of likely N-dealkylation sites (tertiary alicyclic amines) is 1. The first-order valence-corrected chi connectivity index (χ1v) is 12.5. The first-order valence-electron chi connectivity index (χ1n) is 12.5. The van der Waals surface area contributed by atoms with Gasteiger partial charge in [-0.1, -0.05) is 6.07 Å². The molecule has 3 heterocycles. The Hall–Kier alpha value is -3.26. The molecule has 2 aliphatic heterocycles. The summed E-state index contributed by atoms with van der Waals surface area (Å²) in [6.45, 7) is 0.539. The highest BCUT2D eigenvalue weighted by atomic mass is 16.5. The van der Waals surface area contributed by atoms with Gasteiger partial charge < -0.3 is 29.6 Å². The lowest BCUT2D eigenvalue weighted by atomic mass is 9.48. The van der Waals surface area contributed by atoms with Crippen molar-refractivity contribution in [3.63, 3.8) is 0 Å². The Kier molecular flexibility index (Phi) is 4.29. The van der Waals surface area contributed by atoms with E-state index in [1.165, 1.54) is 6.08 Å². The first kappa shape index (κ1) is 21.1. The number of benzene rings is 1. The molecule has 182 valence electrons. The molecule has 4 unspecified atom stereocenters. The number of phenols is 1. The zero-order valence-electron chi connectivity index (χ0n) is 19.3. The van der Waals surface area contributed by atoms with Gasteiger partial charge in [-0.3, -0.25) is 9.59 Å². The van der Waals surface area contributed by atoms with Gasteiger partial charge in [0, 0.05) is 29.7 Å². The Morgan fingerprint density at radius 3 is 2.80 bits per heavy atom. The molecule has 5 aliphatic rings. The van der Waals surface area contributed by atoms with Crippen molar-refractivity contribution in [2.45, 2.75) is 67.7 Å². The first-order chi connectivity index (χ1) is 16.9. The van der Waals surface area contributed by atoms with Gasteiger partial charge in [0.25, 0.3) is 0 Å². The van der Waals surface area contributed by atoms with Crippen LogP contribution in [-0.2, 0) is 21.4 Å². The van der Waals surface area contributed by atoms with E-state index in [1.54, 1.807) is 30.7 Å². The van der Waals surface area contributed by atoms with Crippen LogP contribution in [0, 0.1) is 5.92 Å². The molecule has 3 N–H and O–H groups in total. The van der Waals surface area contributed by atoms with Crippen molar-refractivity contribution in [3.05, 3.63) is 53.5 Å². The van der Waals surface area contributed by atoms with Crippen molar-refractivity contribution in [2.75, 3.05) is 6.54 Å². The number of rotatable bonds is 4. The third-order valence-corrected chi connectivity index (χ3v) is 8.97. The number of hydrogen-bond donors (Lipinski definition) is 3. The van der Waals surface area contributed by atoms with E-state index in [0.717, 1.165) is 29.5 Å². The number of carbonyl (C=O) groups excluding carboxylic acids is 2. The van der Waals surface area contributed by atoms with E-state index in [2.05, 4.69) is 5.32 Å². The fourth-order valence-corrected chi connectivity index (χ4v) is 7.29. The van der Waals surface area contributed by atoms with Crippen molar-refractivity contribution in [2.24, 2.45) is 5.92 Å². The van der Waals surface area contributed by atoms with Crippen molar-refractivity contribution in [3.8, 4) is 11.5 Å². The summed E-state index contributed by atoms with van der Waals surface area (Å²) >= 11 is 0. The molecule has 1 spiro atoms. The van der Waals surface area contributed by atoms with Crippen molar-refractivity contribution < 1.29 is 29.0 Å². The zero-order chi connectivity index (χ0) is 23.9. The molecule has 2 saturated carbocycles. The predicted molar refractivity (Wildman–Crippen MR) is 125 cm³/mol. The van der Waals surface area contributed by atoms with E-state index in [4.69, 9.17) is 9.15 Å². The molecule has 8 nitrogen and oxygen atoms in total. The van der Waals surface area contributed by atoms with E-state index in [9.17, 15) is 19.8 Å². The summed E-state index contributed by atoms with van der Waals surface area (Å²) in [5.41, 5.74) is 0.700.